The van der Waals surface area contributed by atoms with Gasteiger partial charge in [-0.05, 0) is 78.6 Å². The molecule has 0 bridgehead atoms. The van der Waals surface area contributed by atoms with Crippen LogP contribution < -0.4 is 15.0 Å². The molecule has 0 atom stereocenters. The fraction of sp³-hybridized carbons (Fsp3) is 0.375. The van der Waals surface area contributed by atoms with Gasteiger partial charge in [0.2, 0.25) is 0 Å². The van der Waals surface area contributed by atoms with Crippen molar-refractivity contribution in [1.82, 2.24) is 0 Å². The zero-order valence-corrected chi connectivity index (χ0v) is 16.6. The van der Waals surface area contributed by atoms with E-state index in [1.165, 1.54) is 24.8 Å². The number of aryl methyl sites for hydroxylation is 1. The molecule has 2 heterocycles. The Bertz CT molecular complexity index is 1110. The zero-order chi connectivity index (χ0) is 19.8. The molecule has 5 heteroatoms. The number of rotatable bonds is 2. The third-order valence-electron chi connectivity index (χ3n) is 6.38. The molecule has 1 aliphatic carbocycles. The first kappa shape index (κ1) is 18.1. The van der Waals surface area contributed by atoms with E-state index >= 15 is 0 Å². The summed E-state index contributed by atoms with van der Waals surface area (Å²) in [4.78, 5) is 0. The van der Waals surface area contributed by atoms with Crippen molar-refractivity contribution in [2.45, 2.75) is 50.5 Å². The highest BCUT2D eigenvalue weighted by atomic mass is 16.5. The number of methoxy groups -OCH3 is 1. The van der Waals surface area contributed by atoms with Crippen LogP contribution in [0.5, 0.6) is 11.5 Å². The quantitative estimate of drug-likeness (QED) is 0.468. The highest BCUT2D eigenvalue weighted by molar-refractivity contribution is 5.94. The van der Waals surface area contributed by atoms with Gasteiger partial charge in [0.05, 0.1) is 7.11 Å². The molecule has 0 saturated heterocycles. The summed E-state index contributed by atoms with van der Waals surface area (Å²) in [6, 6.07) is 13.8. The molecule has 5 rings (SSSR count). The van der Waals surface area contributed by atoms with E-state index in [0.717, 1.165) is 53.7 Å². The SMILES string of the molecule is COc1ccc(-c2cc(=NO)oc3cc4c(cc23)CCC2(CCCCC2)O4)cc1. The van der Waals surface area contributed by atoms with E-state index in [1.54, 1.807) is 13.2 Å². The summed E-state index contributed by atoms with van der Waals surface area (Å²) in [5, 5.41) is 13.7. The van der Waals surface area contributed by atoms with Crippen molar-refractivity contribution in [1.29, 1.82) is 0 Å². The second kappa shape index (κ2) is 7.14. The number of fused-ring (bicyclic) bond motifs is 2. The van der Waals surface area contributed by atoms with E-state index in [0.29, 0.717) is 5.58 Å². The van der Waals surface area contributed by atoms with Gasteiger partial charge >= 0.3 is 0 Å². The second-order valence-electron chi connectivity index (χ2n) is 8.13. The van der Waals surface area contributed by atoms with Gasteiger partial charge < -0.3 is 19.1 Å². The molecule has 29 heavy (non-hydrogen) atoms. The third kappa shape index (κ3) is 3.24. The highest BCUT2D eigenvalue weighted by Crippen LogP contribution is 2.44. The van der Waals surface area contributed by atoms with Crippen LogP contribution in [0.1, 0.15) is 44.1 Å². The molecule has 0 unspecified atom stereocenters. The summed E-state index contributed by atoms with van der Waals surface area (Å²) in [5.74, 6) is 1.71. The summed E-state index contributed by atoms with van der Waals surface area (Å²) in [6.45, 7) is 0. The first-order chi connectivity index (χ1) is 14.2. The zero-order valence-electron chi connectivity index (χ0n) is 16.6. The van der Waals surface area contributed by atoms with Gasteiger partial charge in [-0.3, -0.25) is 0 Å². The molecule has 3 aromatic rings. The number of nitrogens with zero attached hydrogens (tertiary/aromatic N) is 1. The van der Waals surface area contributed by atoms with Crippen LogP contribution in [0.25, 0.3) is 22.1 Å². The van der Waals surface area contributed by atoms with E-state index in [4.69, 9.17) is 13.9 Å². The van der Waals surface area contributed by atoms with Crippen LogP contribution in [-0.4, -0.2) is 17.9 Å². The van der Waals surface area contributed by atoms with Crippen molar-refractivity contribution in [3.8, 4) is 22.6 Å². The Morgan fingerprint density at radius 2 is 1.79 bits per heavy atom. The fourth-order valence-corrected chi connectivity index (χ4v) is 4.79. The number of ether oxygens (including phenoxy) is 2. The molecule has 0 amide bonds. The first-order valence-electron chi connectivity index (χ1n) is 10.3. The lowest BCUT2D eigenvalue weighted by Gasteiger charge is -2.41. The molecule has 1 spiro atoms. The molecule has 1 N–H and O–H groups in total. The number of hydrogen-bond donors (Lipinski definition) is 1. The van der Waals surface area contributed by atoms with E-state index in [1.807, 2.05) is 30.3 Å². The predicted octanol–water partition coefficient (Wildman–Crippen LogP) is 5.43. The van der Waals surface area contributed by atoms with E-state index in [-0.39, 0.29) is 11.2 Å². The van der Waals surface area contributed by atoms with Gasteiger partial charge in [0.15, 0.2) is 0 Å². The van der Waals surface area contributed by atoms with E-state index in [9.17, 15) is 5.21 Å². The minimum absolute atomic E-state index is 0.0172. The minimum Gasteiger partial charge on any atom is -0.497 e. The lowest BCUT2D eigenvalue weighted by atomic mass is 9.79. The van der Waals surface area contributed by atoms with Crippen LogP contribution in [-0.2, 0) is 6.42 Å². The highest BCUT2D eigenvalue weighted by Gasteiger charge is 2.37. The van der Waals surface area contributed by atoms with Crippen molar-refractivity contribution in [3.63, 3.8) is 0 Å². The summed E-state index contributed by atoms with van der Waals surface area (Å²) in [7, 11) is 1.65. The van der Waals surface area contributed by atoms with E-state index < -0.39 is 0 Å². The van der Waals surface area contributed by atoms with Crippen LogP contribution in [0.2, 0.25) is 0 Å². The van der Waals surface area contributed by atoms with Crippen molar-refractivity contribution in [3.05, 3.63) is 53.6 Å². The summed E-state index contributed by atoms with van der Waals surface area (Å²) >= 11 is 0. The van der Waals surface area contributed by atoms with Crippen LogP contribution in [0.15, 0.2) is 52.0 Å². The Morgan fingerprint density at radius 3 is 2.52 bits per heavy atom. The molecular weight excluding hydrogens is 366 g/mol. The Labute approximate surface area is 169 Å². The van der Waals surface area contributed by atoms with Gasteiger partial charge in [-0.15, -0.1) is 0 Å². The van der Waals surface area contributed by atoms with Gasteiger partial charge in [-0.1, -0.05) is 18.6 Å². The normalized spacial score (nSPS) is 18.4. The molecule has 2 aromatic carbocycles. The lowest BCUT2D eigenvalue weighted by Crippen LogP contribution is -2.41. The minimum atomic E-state index is -0.0172. The Balaban J connectivity index is 1.64. The topological polar surface area (TPSA) is 64.2 Å². The maximum absolute atomic E-state index is 9.37. The average Bonchev–Trinajstić information content (AvgIpc) is 2.77. The number of benzene rings is 2. The van der Waals surface area contributed by atoms with Gasteiger partial charge in [-0.25, -0.2) is 0 Å². The van der Waals surface area contributed by atoms with Crippen molar-refractivity contribution >= 4 is 11.0 Å². The van der Waals surface area contributed by atoms with Gasteiger partial charge in [0.1, 0.15) is 22.7 Å². The van der Waals surface area contributed by atoms with Crippen LogP contribution in [0.3, 0.4) is 0 Å². The molecule has 1 fully saturated rings. The second-order valence-corrected chi connectivity index (χ2v) is 8.13. The van der Waals surface area contributed by atoms with Crippen molar-refractivity contribution < 1.29 is 19.1 Å². The standard InChI is InChI=1S/C24H25NO4/c1-27-18-7-5-16(6-8-18)19-14-23(25-26)28-22-15-21-17(13-20(19)22)9-12-24(29-21)10-3-2-4-11-24/h5-8,13-15,26H,2-4,9-12H2,1H3. The molecular formula is C24H25NO4. The van der Waals surface area contributed by atoms with Gasteiger partial charge in [0.25, 0.3) is 5.55 Å². The van der Waals surface area contributed by atoms with E-state index in [2.05, 4.69) is 11.2 Å². The fourth-order valence-electron chi connectivity index (χ4n) is 4.79. The van der Waals surface area contributed by atoms with Crippen molar-refractivity contribution in [2.75, 3.05) is 7.11 Å². The molecule has 2 aliphatic rings. The molecule has 1 aliphatic heterocycles. The summed E-state index contributed by atoms with van der Waals surface area (Å²) < 4.78 is 17.7. The van der Waals surface area contributed by atoms with Crippen LogP contribution in [0.4, 0.5) is 0 Å². The van der Waals surface area contributed by atoms with Crippen molar-refractivity contribution in [2.24, 2.45) is 5.16 Å². The first-order valence-corrected chi connectivity index (χ1v) is 10.3. The third-order valence-corrected chi connectivity index (χ3v) is 6.38. The molecule has 0 radical (unpaired) electrons. The predicted molar refractivity (Wildman–Crippen MR) is 110 cm³/mol. The Morgan fingerprint density at radius 1 is 1.00 bits per heavy atom. The molecule has 150 valence electrons. The maximum Gasteiger partial charge on any atom is 0.256 e. The lowest BCUT2D eigenvalue weighted by molar-refractivity contribution is 0.0109. The van der Waals surface area contributed by atoms with Gasteiger partial charge in [-0.2, -0.15) is 0 Å². The summed E-state index contributed by atoms with van der Waals surface area (Å²) in [6.07, 6.45) is 8.13. The molecule has 5 nitrogen and oxygen atoms in total. The molecule has 1 saturated carbocycles. The van der Waals surface area contributed by atoms with Crippen LogP contribution >= 0.6 is 0 Å². The largest absolute Gasteiger partial charge is 0.497 e. The van der Waals surface area contributed by atoms with Crippen LogP contribution in [0, 0.1) is 0 Å². The molecule has 1 aromatic heterocycles. The average molecular weight is 391 g/mol. The number of hydrogen-bond acceptors (Lipinski definition) is 5. The Kier molecular flexibility index (Phi) is 4.46. The Hall–Kier alpha value is -2.95. The van der Waals surface area contributed by atoms with Gasteiger partial charge in [0, 0.05) is 17.5 Å². The summed E-state index contributed by atoms with van der Waals surface area (Å²) in [5.41, 5.74) is 4.01. The maximum atomic E-state index is 9.37. The smallest absolute Gasteiger partial charge is 0.256 e. The monoisotopic (exact) mass is 391 g/mol.